The Hall–Kier alpha value is -4.66. The minimum absolute atomic E-state index is 1.15. The van der Waals surface area contributed by atoms with Gasteiger partial charge in [-0.25, -0.2) is 0 Å². The van der Waals surface area contributed by atoms with E-state index >= 15 is 0 Å². The lowest BCUT2D eigenvalue weighted by Crippen LogP contribution is -1.95. The average molecular weight is 532 g/mol. The highest BCUT2D eigenvalue weighted by atomic mass is 32.1. The van der Waals surface area contributed by atoms with Crippen molar-refractivity contribution >= 4 is 66.3 Å². The molecule has 0 spiro atoms. The number of hydrogen-bond donors (Lipinski definition) is 0. The molecule has 2 heteroatoms. The molecule has 0 saturated carbocycles. The molecule has 0 radical (unpaired) electrons. The van der Waals surface area contributed by atoms with E-state index in [4.69, 9.17) is 0 Å². The molecule has 192 valence electrons. The number of rotatable bonds is 5. The quantitative estimate of drug-likeness (QED) is 0.195. The number of benzene rings is 5. The van der Waals surface area contributed by atoms with Gasteiger partial charge in [0, 0.05) is 26.2 Å². The standard InChI is InChI=1S/C38H29NS/c1-5-11-32(38-25(4)24(3)35(6-2)40-38)28-16-20-29(21-17-28)39-33-22-18-26-12-7-9-14-30(26)36(33)37-31-15-10-8-13-27(31)19-23-34(37)39/h5-23H,1-2H2,3-4H3/b32-11-. The predicted molar refractivity (Wildman–Crippen MR) is 177 cm³/mol. The number of thiophene rings is 1. The first-order valence-corrected chi connectivity index (χ1v) is 14.4. The molecule has 1 nitrogen and oxygen atoms in total. The fourth-order valence-corrected chi connectivity index (χ4v) is 7.32. The summed E-state index contributed by atoms with van der Waals surface area (Å²) in [5.41, 5.74) is 8.57. The molecule has 0 bridgehead atoms. The van der Waals surface area contributed by atoms with Gasteiger partial charge >= 0.3 is 0 Å². The Bertz CT molecular complexity index is 2060. The Kier molecular flexibility index (Phi) is 5.80. The molecule has 2 heterocycles. The minimum Gasteiger partial charge on any atom is -0.309 e. The SMILES string of the molecule is C=C/C=C(/c1ccc(-n2c3ccc4ccccc4c3c3c4ccccc4ccc32)cc1)c1sc(C=C)c(C)c1C. The fraction of sp³-hybridized carbons (Fsp3) is 0.0526. The first-order chi connectivity index (χ1) is 19.6. The zero-order valence-electron chi connectivity index (χ0n) is 22.7. The van der Waals surface area contributed by atoms with Crippen LogP contribution in [-0.4, -0.2) is 4.57 Å². The van der Waals surface area contributed by atoms with Gasteiger partial charge in [0.05, 0.1) is 11.0 Å². The second kappa shape index (κ2) is 9.51. The maximum Gasteiger partial charge on any atom is 0.0547 e. The topological polar surface area (TPSA) is 4.93 Å². The first-order valence-electron chi connectivity index (χ1n) is 13.6. The Morgan fingerprint density at radius 1 is 0.675 bits per heavy atom. The van der Waals surface area contributed by atoms with Crippen LogP contribution in [0.2, 0.25) is 0 Å². The lowest BCUT2D eigenvalue weighted by atomic mass is 9.99. The Morgan fingerprint density at radius 3 is 1.77 bits per heavy atom. The lowest BCUT2D eigenvalue weighted by molar-refractivity contribution is 1.18. The van der Waals surface area contributed by atoms with Gasteiger partial charge in [-0.15, -0.1) is 11.3 Å². The largest absolute Gasteiger partial charge is 0.309 e. The molecule has 7 rings (SSSR count). The minimum atomic E-state index is 1.15. The van der Waals surface area contributed by atoms with Crippen molar-refractivity contribution in [2.45, 2.75) is 13.8 Å². The Balaban J connectivity index is 1.47. The monoisotopic (exact) mass is 531 g/mol. The molecule has 0 aliphatic rings. The molecule has 0 unspecified atom stereocenters. The fourth-order valence-electron chi connectivity index (χ4n) is 6.11. The molecule has 2 aromatic heterocycles. The molecule has 0 atom stereocenters. The zero-order valence-corrected chi connectivity index (χ0v) is 23.6. The van der Waals surface area contributed by atoms with E-state index in [1.165, 1.54) is 75.4 Å². The van der Waals surface area contributed by atoms with Crippen LogP contribution in [0.4, 0.5) is 0 Å². The van der Waals surface area contributed by atoms with Crippen molar-refractivity contribution in [3.63, 3.8) is 0 Å². The molecule has 5 aromatic carbocycles. The summed E-state index contributed by atoms with van der Waals surface area (Å²) in [5.74, 6) is 0. The van der Waals surface area contributed by atoms with Crippen LogP contribution in [0.25, 0.3) is 60.7 Å². The molecule has 0 aliphatic heterocycles. The summed E-state index contributed by atoms with van der Waals surface area (Å²) in [6.45, 7) is 12.4. The second-order valence-electron chi connectivity index (χ2n) is 10.3. The summed E-state index contributed by atoms with van der Waals surface area (Å²) < 4.78 is 2.42. The van der Waals surface area contributed by atoms with E-state index in [9.17, 15) is 0 Å². The maximum absolute atomic E-state index is 4.02. The molecular weight excluding hydrogens is 502 g/mol. The molecular formula is C38H29NS. The lowest BCUT2D eigenvalue weighted by Gasteiger charge is -2.12. The van der Waals surface area contributed by atoms with Gasteiger partial charge in [0.2, 0.25) is 0 Å². The number of hydrogen-bond acceptors (Lipinski definition) is 1. The third kappa shape index (κ3) is 3.61. The molecule has 0 aliphatic carbocycles. The number of aromatic nitrogens is 1. The highest BCUT2D eigenvalue weighted by Crippen LogP contribution is 2.41. The molecule has 0 N–H and O–H groups in total. The average Bonchev–Trinajstić information content (AvgIpc) is 3.50. The number of fused-ring (bicyclic) bond motifs is 7. The van der Waals surface area contributed by atoms with Crippen LogP contribution in [0.15, 0.2) is 122 Å². The maximum atomic E-state index is 4.02. The van der Waals surface area contributed by atoms with Gasteiger partial charge in [-0.2, -0.15) is 0 Å². The Morgan fingerprint density at radius 2 is 1.25 bits per heavy atom. The summed E-state index contributed by atoms with van der Waals surface area (Å²) in [5, 5.41) is 7.71. The highest BCUT2D eigenvalue weighted by Gasteiger charge is 2.18. The smallest absolute Gasteiger partial charge is 0.0547 e. The van der Waals surface area contributed by atoms with Gasteiger partial charge in [-0.05, 0) is 81.9 Å². The van der Waals surface area contributed by atoms with Gasteiger partial charge in [0.25, 0.3) is 0 Å². The van der Waals surface area contributed by atoms with Gasteiger partial charge in [0.1, 0.15) is 0 Å². The van der Waals surface area contributed by atoms with E-state index < -0.39 is 0 Å². The second-order valence-corrected chi connectivity index (χ2v) is 11.4. The van der Waals surface area contributed by atoms with Crippen LogP contribution < -0.4 is 0 Å². The van der Waals surface area contributed by atoms with Crippen molar-refractivity contribution in [1.82, 2.24) is 4.57 Å². The van der Waals surface area contributed by atoms with E-state index in [0.717, 1.165) is 5.69 Å². The van der Waals surface area contributed by atoms with Crippen LogP contribution in [0.1, 0.15) is 26.4 Å². The van der Waals surface area contributed by atoms with E-state index in [0.29, 0.717) is 0 Å². The van der Waals surface area contributed by atoms with E-state index in [1.807, 2.05) is 12.2 Å². The normalized spacial score (nSPS) is 12.1. The van der Waals surface area contributed by atoms with Gasteiger partial charge in [0.15, 0.2) is 0 Å². The summed E-state index contributed by atoms with van der Waals surface area (Å²) in [6.07, 6.45) is 5.97. The third-order valence-corrected chi connectivity index (χ3v) is 9.60. The van der Waals surface area contributed by atoms with Crippen molar-refractivity contribution in [2.75, 3.05) is 0 Å². The summed E-state index contributed by atoms with van der Waals surface area (Å²) in [4.78, 5) is 2.50. The van der Waals surface area contributed by atoms with Crippen molar-refractivity contribution in [3.8, 4) is 5.69 Å². The Labute approximate surface area is 238 Å². The highest BCUT2D eigenvalue weighted by molar-refractivity contribution is 7.14. The van der Waals surface area contributed by atoms with E-state index in [-0.39, 0.29) is 0 Å². The molecule has 0 saturated heterocycles. The van der Waals surface area contributed by atoms with Crippen LogP contribution in [-0.2, 0) is 0 Å². The van der Waals surface area contributed by atoms with Crippen molar-refractivity contribution in [2.24, 2.45) is 0 Å². The summed E-state index contributed by atoms with van der Waals surface area (Å²) in [7, 11) is 0. The molecule has 40 heavy (non-hydrogen) atoms. The van der Waals surface area contributed by atoms with E-state index in [1.54, 1.807) is 11.3 Å². The summed E-state index contributed by atoms with van der Waals surface area (Å²) in [6, 6.07) is 35.5. The van der Waals surface area contributed by atoms with Gasteiger partial charge in [-0.1, -0.05) is 104 Å². The van der Waals surface area contributed by atoms with Gasteiger partial charge in [-0.3, -0.25) is 0 Å². The van der Waals surface area contributed by atoms with Crippen molar-refractivity contribution in [3.05, 3.63) is 149 Å². The summed E-state index contributed by atoms with van der Waals surface area (Å²) >= 11 is 1.80. The first kappa shape index (κ1) is 24.4. The number of nitrogens with zero attached hydrogens (tertiary/aromatic N) is 1. The van der Waals surface area contributed by atoms with E-state index in [2.05, 4.69) is 135 Å². The van der Waals surface area contributed by atoms with Crippen molar-refractivity contribution in [1.29, 1.82) is 0 Å². The van der Waals surface area contributed by atoms with Crippen LogP contribution in [0.5, 0.6) is 0 Å². The molecule has 0 amide bonds. The van der Waals surface area contributed by atoms with Crippen LogP contribution in [0, 0.1) is 13.8 Å². The molecule has 0 fully saturated rings. The number of allylic oxidation sites excluding steroid dienone is 2. The zero-order chi connectivity index (χ0) is 27.4. The third-order valence-electron chi connectivity index (χ3n) is 8.18. The van der Waals surface area contributed by atoms with Crippen molar-refractivity contribution < 1.29 is 0 Å². The predicted octanol–water partition coefficient (Wildman–Crippen LogP) is 11.0. The van der Waals surface area contributed by atoms with Crippen LogP contribution >= 0.6 is 11.3 Å². The molecule has 7 aromatic rings. The van der Waals surface area contributed by atoms with Crippen LogP contribution in [0.3, 0.4) is 0 Å². The van der Waals surface area contributed by atoms with Gasteiger partial charge < -0.3 is 4.57 Å².